The average Bonchev–Trinajstić information content (AvgIpc) is 3.21. The van der Waals surface area contributed by atoms with Gasteiger partial charge in [0.15, 0.2) is 0 Å². The van der Waals surface area contributed by atoms with E-state index in [1.165, 1.54) is 0 Å². The summed E-state index contributed by atoms with van der Waals surface area (Å²) < 4.78 is 1.10. The van der Waals surface area contributed by atoms with Crippen molar-refractivity contribution in [2.75, 3.05) is 6.54 Å². The summed E-state index contributed by atoms with van der Waals surface area (Å²) in [7, 11) is 0. The first-order valence-electron chi connectivity index (χ1n) is 8.73. The predicted molar refractivity (Wildman–Crippen MR) is 106 cm³/mol. The molecule has 0 unspecified atom stereocenters. The summed E-state index contributed by atoms with van der Waals surface area (Å²) in [6.45, 7) is 1.23. The lowest BCUT2D eigenvalue weighted by molar-refractivity contribution is -0.129. The second-order valence-corrected chi connectivity index (χ2v) is 8.06. The van der Waals surface area contributed by atoms with Crippen molar-refractivity contribution in [2.24, 2.45) is 5.92 Å². The number of fused-ring (bicyclic) bond motifs is 1. The van der Waals surface area contributed by atoms with Crippen LogP contribution in [0.1, 0.15) is 17.0 Å². The van der Waals surface area contributed by atoms with Gasteiger partial charge in [-0.05, 0) is 18.2 Å². The van der Waals surface area contributed by atoms with Crippen molar-refractivity contribution in [3.8, 4) is 0 Å². The molecule has 1 saturated heterocycles. The van der Waals surface area contributed by atoms with Gasteiger partial charge >= 0.3 is 0 Å². The number of carbonyl (C=O) groups is 2. The van der Waals surface area contributed by atoms with Crippen LogP contribution in [0.25, 0.3) is 10.1 Å². The molecule has 4 rings (SSSR count). The van der Waals surface area contributed by atoms with E-state index in [2.05, 4.69) is 10.3 Å². The molecule has 0 spiro atoms. The van der Waals surface area contributed by atoms with Gasteiger partial charge in [-0.1, -0.05) is 35.9 Å². The lowest BCUT2D eigenvalue weighted by atomic mass is 10.1. The zero-order valence-electron chi connectivity index (χ0n) is 14.5. The Balaban J connectivity index is 1.37. The number of benzene rings is 1. The molecule has 1 aliphatic rings. The van der Waals surface area contributed by atoms with Crippen molar-refractivity contribution in [1.82, 2.24) is 15.2 Å². The zero-order chi connectivity index (χ0) is 18.8. The number of thiophene rings is 1. The highest BCUT2D eigenvalue weighted by Gasteiger charge is 2.34. The van der Waals surface area contributed by atoms with E-state index in [4.69, 9.17) is 11.6 Å². The van der Waals surface area contributed by atoms with Crippen molar-refractivity contribution in [3.63, 3.8) is 0 Å². The van der Waals surface area contributed by atoms with E-state index in [0.29, 0.717) is 24.7 Å². The minimum absolute atomic E-state index is 0.0132. The molecule has 138 valence electrons. The van der Waals surface area contributed by atoms with E-state index in [9.17, 15) is 9.59 Å². The van der Waals surface area contributed by atoms with Gasteiger partial charge < -0.3 is 10.2 Å². The predicted octanol–water partition coefficient (Wildman–Crippen LogP) is 3.61. The second-order valence-electron chi connectivity index (χ2n) is 6.55. The lowest BCUT2D eigenvalue weighted by Gasteiger charge is -2.16. The van der Waals surface area contributed by atoms with E-state index in [1.54, 1.807) is 22.4 Å². The van der Waals surface area contributed by atoms with Crippen LogP contribution in [0.2, 0.25) is 5.02 Å². The highest BCUT2D eigenvalue weighted by Crippen LogP contribution is 2.35. The van der Waals surface area contributed by atoms with Crippen molar-refractivity contribution < 1.29 is 9.59 Å². The molecule has 0 aliphatic carbocycles. The van der Waals surface area contributed by atoms with Crippen LogP contribution >= 0.6 is 22.9 Å². The molecule has 1 aromatic carbocycles. The maximum absolute atomic E-state index is 12.5. The van der Waals surface area contributed by atoms with Crippen LogP contribution in [0.5, 0.6) is 0 Å². The Hall–Kier alpha value is -2.44. The Bertz CT molecular complexity index is 989. The summed E-state index contributed by atoms with van der Waals surface area (Å²) in [6, 6.07) is 13.5. The highest BCUT2D eigenvalue weighted by molar-refractivity contribution is 7.19. The van der Waals surface area contributed by atoms with Crippen LogP contribution in [-0.2, 0) is 22.7 Å². The average molecular weight is 400 g/mol. The van der Waals surface area contributed by atoms with Crippen molar-refractivity contribution in [3.05, 3.63) is 64.3 Å². The fourth-order valence-electron chi connectivity index (χ4n) is 3.28. The fraction of sp³-hybridized carbons (Fsp3) is 0.250. The molecule has 0 bridgehead atoms. The Morgan fingerprint density at radius 3 is 2.85 bits per heavy atom. The van der Waals surface area contributed by atoms with E-state index < -0.39 is 0 Å². The molecule has 7 heteroatoms. The molecule has 0 radical (unpaired) electrons. The number of aromatic nitrogens is 1. The minimum atomic E-state index is -0.339. The molecule has 1 N–H and O–H groups in total. The largest absolute Gasteiger partial charge is 0.351 e. The molecular formula is C20H18ClN3O2S. The summed E-state index contributed by atoms with van der Waals surface area (Å²) in [6.07, 6.45) is 1.94. The van der Waals surface area contributed by atoms with Crippen LogP contribution in [0.4, 0.5) is 0 Å². The van der Waals surface area contributed by atoms with Gasteiger partial charge in [-0.2, -0.15) is 0 Å². The number of likely N-dealkylation sites (tertiary alicyclic amines) is 1. The first-order valence-corrected chi connectivity index (χ1v) is 9.92. The Morgan fingerprint density at radius 1 is 1.26 bits per heavy atom. The van der Waals surface area contributed by atoms with Crippen LogP contribution < -0.4 is 5.32 Å². The SMILES string of the molecule is O=C(NCc1sc2ccccc2c1Cl)[C@H]1CC(=O)N(Cc2ccccn2)C1. The van der Waals surface area contributed by atoms with Gasteiger partial charge in [0.2, 0.25) is 11.8 Å². The molecule has 27 heavy (non-hydrogen) atoms. The summed E-state index contributed by atoms with van der Waals surface area (Å²) in [5, 5.41) is 4.64. The van der Waals surface area contributed by atoms with E-state index in [0.717, 1.165) is 20.7 Å². The van der Waals surface area contributed by atoms with Gasteiger partial charge in [0.1, 0.15) is 0 Å². The van der Waals surface area contributed by atoms with Crippen LogP contribution in [0.3, 0.4) is 0 Å². The topological polar surface area (TPSA) is 62.3 Å². The summed E-state index contributed by atoms with van der Waals surface area (Å²) in [5.41, 5.74) is 0.823. The van der Waals surface area contributed by atoms with Gasteiger partial charge in [0.25, 0.3) is 0 Å². The Labute approximate surface area is 166 Å². The Morgan fingerprint density at radius 2 is 2.07 bits per heavy atom. The molecule has 5 nitrogen and oxygen atoms in total. The van der Waals surface area contributed by atoms with E-state index in [1.807, 2.05) is 42.5 Å². The molecular weight excluding hydrogens is 382 g/mol. The summed E-state index contributed by atoms with van der Waals surface area (Å²) >= 11 is 8.01. The first-order chi connectivity index (χ1) is 13.1. The molecule has 1 fully saturated rings. The number of pyridine rings is 1. The molecule has 3 heterocycles. The Kier molecular flexibility index (Phi) is 5.09. The van der Waals surface area contributed by atoms with Gasteiger partial charge in [-0.15, -0.1) is 11.3 Å². The normalized spacial score (nSPS) is 16.9. The number of hydrogen-bond acceptors (Lipinski definition) is 4. The van der Waals surface area contributed by atoms with E-state index >= 15 is 0 Å². The number of hydrogen-bond donors (Lipinski definition) is 1. The smallest absolute Gasteiger partial charge is 0.225 e. The number of rotatable bonds is 5. The monoisotopic (exact) mass is 399 g/mol. The van der Waals surface area contributed by atoms with Gasteiger partial charge in [-0.25, -0.2) is 0 Å². The lowest BCUT2D eigenvalue weighted by Crippen LogP contribution is -2.32. The maximum atomic E-state index is 12.5. The van der Waals surface area contributed by atoms with Crippen LogP contribution in [-0.4, -0.2) is 28.2 Å². The third kappa shape index (κ3) is 3.82. The number of amides is 2. The third-order valence-electron chi connectivity index (χ3n) is 4.69. The zero-order valence-corrected chi connectivity index (χ0v) is 16.1. The minimum Gasteiger partial charge on any atom is -0.351 e. The van der Waals surface area contributed by atoms with Crippen molar-refractivity contribution in [1.29, 1.82) is 0 Å². The molecule has 1 aliphatic heterocycles. The number of carbonyl (C=O) groups excluding carboxylic acids is 2. The van der Waals surface area contributed by atoms with Gasteiger partial charge in [-0.3, -0.25) is 14.6 Å². The van der Waals surface area contributed by atoms with Crippen LogP contribution in [0, 0.1) is 5.92 Å². The maximum Gasteiger partial charge on any atom is 0.225 e. The number of halogens is 1. The summed E-state index contributed by atoms with van der Waals surface area (Å²) in [4.78, 5) is 31.7. The highest BCUT2D eigenvalue weighted by atomic mass is 35.5. The molecule has 3 aromatic rings. The number of nitrogens with zero attached hydrogens (tertiary/aromatic N) is 2. The quantitative estimate of drug-likeness (QED) is 0.712. The van der Waals surface area contributed by atoms with Gasteiger partial charge in [0.05, 0.1) is 29.7 Å². The third-order valence-corrected chi connectivity index (χ3v) is 6.40. The van der Waals surface area contributed by atoms with E-state index in [-0.39, 0.29) is 24.2 Å². The van der Waals surface area contributed by atoms with Gasteiger partial charge in [0, 0.05) is 34.1 Å². The number of nitrogens with one attached hydrogen (secondary N) is 1. The standard InChI is InChI=1S/C20H18ClN3O2S/c21-19-15-6-1-2-7-16(15)27-17(19)10-23-20(26)13-9-18(25)24(11-13)12-14-5-3-4-8-22-14/h1-8,13H,9-12H2,(H,23,26)/t13-/m0/s1. The molecule has 1 atom stereocenters. The molecule has 0 saturated carbocycles. The van der Waals surface area contributed by atoms with Crippen molar-refractivity contribution >= 4 is 44.8 Å². The molecule has 2 aromatic heterocycles. The first kappa shape index (κ1) is 17.9. The fourth-order valence-corrected chi connectivity index (χ4v) is 4.72. The van der Waals surface area contributed by atoms with Crippen LogP contribution in [0.15, 0.2) is 48.7 Å². The molecule has 2 amide bonds. The second kappa shape index (κ2) is 7.66. The summed E-state index contributed by atoms with van der Waals surface area (Å²) in [5.74, 6) is -0.463. The van der Waals surface area contributed by atoms with Crippen molar-refractivity contribution in [2.45, 2.75) is 19.5 Å².